The molecule has 2 heterocycles. The van der Waals surface area contributed by atoms with Crippen LogP contribution >= 0.6 is 0 Å². The summed E-state index contributed by atoms with van der Waals surface area (Å²) >= 11 is 0. The topological polar surface area (TPSA) is 54.9 Å². The van der Waals surface area contributed by atoms with Crippen LogP contribution in [0.15, 0.2) is 30.6 Å². The number of aromatic nitrogens is 2. The van der Waals surface area contributed by atoms with Crippen LogP contribution in [0.3, 0.4) is 0 Å². The van der Waals surface area contributed by atoms with E-state index >= 15 is 0 Å². The van der Waals surface area contributed by atoms with Crippen LogP contribution in [-0.2, 0) is 4.79 Å². The van der Waals surface area contributed by atoms with Gasteiger partial charge in [-0.15, -0.1) is 0 Å². The minimum Gasteiger partial charge on any atom is -0.310 e. The van der Waals surface area contributed by atoms with Crippen LogP contribution in [0.5, 0.6) is 0 Å². The van der Waals surface area contributed by atoms with Gasteiger partial charge >= 0.3 is 0 Å². The molecule has 0 aliphatic heterocycles. The van der Waals surface area contributed by atoms with Crippen LogP contribution in [-0.4, -0.2) is 15.9 Å². The van der Waals surface area contributed by atoms with Gasteiger partial charge < -0.3 is 5.32 Å². The van der Waals surface area contributed by atoms with Gasteiger partial charge in [0.05, 0.1) is 5.69 Å². The number of hydrogen-bond donors (Lipinski definition) is 1. The Balaban J connectivity index is 0.000000924. The third-order valence-electron chi connectivity index (χ3n) is 3.72. The number of nitrogens with zero attached hydrogens (tertiary/aromatic N) is 2. The van der Waals surface area contributed by atoms with Gasteiger partial charge in [-0.05, 0) is 43.9 Å². The van der Waals surface area contributed by atoms with Crippen molar-refractivity contribution in [2.75, 3.05) is 5.32 Å². The van der Waals surface area contributed by atoms with E-state index < -0.39 is 0 Å². The summed E-state index contributed by atoms with van der Waals surface area (Å²) in [6, 6.07) is 3.92. The third-order valence-corrected chi connectivity index (χ3v) is 3.72. The van der Waals surface area contributed by atoms with Crippen LogP contribution in [0.2, 0.25) is 0 Å². The van der Waals surface area contributed by atoms with Gasteiger partial charge in [0, 0.05) is 29.1 Å². The Labute approximate surface area is 138 Å². The lowest BCUT2D eigenvalue weighted by atomic mass is 10.1. The first-order valence-electron chi connectivity index (χ1n) is 8.41. The molecule has 4 heteroatoms. The normalized spacial score (nSPS) is 14.2. The molecule has 23 heavy (non-hydrogen) atoms. The van der Waals surface area contributed by atoms with Crippen molar-refractivity contribution < 1.29 is 4.79 Å². The highest BCUT2D eigenvalue weighted by molar-refractivity contribution is 5.95. The lowest BCUT2D eigenvalue weighted by Crippen LogP contribution is -2.14. The summed E-state index contributed by atoms with van der Waals surface area (Å²) in [7, 11) is 0. The van der Waals surface area contributed by atoms with Crippen LogP contribution in [0.25, 0.3) is 16.3 Å². The molecule has 1 N–H and O–H groups in total. The van der Waals surface area contributed by atoms with Crippen molar-refractivity contribution in [2.45, 2.75) is 47.0 Å². The average Bonchev–Trinajstić information content (AvgIpc) is 3.41. The molecule has 1 aliphatic carbocycles. The van der Waals surface area contributed by atoms with Gasteiger partial charge in [-0.1, -0.05) is 26.8 Å². The van der Waals surface area contributed by atoms with Gasteiger partial charge in [0.2, 0.25) is 5.91 Å². The number of carbonyl (C=O) groups excluding carboxylic acids is 1. The van der Waals surface area contributed by atoms with E-state index in [0.29, 0.717) is 5.82 Å². The van der Waals surface area contributed by atoms with Crippen LogP contribution in [0.1, 0.15) is 52.7 Å². The smallest absolute Gasteiger partial charge is 0.228 e. The summed E-state index contributed by atoms with van der Waals surface area (Å²) in [5, 5.41) is 4.89. The minimum atomic E-state index is 0.0770. The molecule has 2 aromatic heterocycles. The van der Waals surface area contributed by atoms with Crippen molar-refractivity contribution in [3.05, 3.63) is 36.3 Å². The Bertz CT molecular complexity index is 718. The van der Waals surface area contributed by atoms with E-state index in [9.17, 15) is 4.79 Å². The van der Waals surface area contributed by atoms with Crippen LogP contribution in [0.4, 0.5) is 5.82 Å². The molecule has 1 amide bonds. The first kappa shape index (κ1) is 17.1. The largest absolute Gasteiger partial charge is 0.310 e. The molecule has 0 saturated heterocycles. The zero-order valence-corrected chi connectivity index (χ0v) is 14.4. The molecular formula is C19H25N3O. The Morgan fingerprint density at radius 1 is 1.22 bits per heavy atom. The second kappa shape index (κ2) is 7.86. The Kier molecular flexibility index (Phi) is 5.85. The third kappa shape index (κ3) is 4.38. The van der Waals surface area contributed by atoms with E-state index in [1.807, 2.05) is 32.2 Å². The molecule has 0 unspecified atom stereocenters. The highest BCUT2D eigenvalue weighted by Crippen LogP contribution is 2.30. The van der Waals surface area contributed by atoms with E-state index in [4.69, 9.17) is 0 Å². The summed E-state index contributed by atoms with van der Waals surface area (Å²) in [6.45, 7) is 8.18. The lowest BCUT2D eigenvalue weighted by Gasteiger charge is -2.06. The molecule has 0 bridgehead atoms. The second-order valence-corrected chi connectivity index (χ2v) is 5.55. The number of carbonyl (C=O) groups is 1. The molecule has 3 rings (SSSR count). The summed E-state index contributed by atoms with van der Waals surface area (Å²) in [6.07, 6.45) is 8.77. The van der Waals surface area contributed by atoms with Crippen LogP contribution < -0.4 is 5.32 Å². The van der Waals surface area contributed by atoms with Crippen molar-refractivity contribution in [1.82, 2.24) is 9.97 Å². The van der Waals surface area contributed by atoms with Gasteiger partial charge in [-0.25, -0.2) is 4.98 Å². The van der Waals surface area contributed by atoms with Gasteiger partial charge in [0.1, 0.15) is 5.82 Å². The summed E-state index contributed by atoms with van der Waals surface area (Å²) < 4.78 is 0. The molecule has 122 valence electrons. The van der Waals surface area contributed by atoms with Crippen molar-refractivity contribution in [1.29, 1.82) is 0 Å². The number of hydrogen-bond acceptors (Lipinski definition) is 3. The standard InChI is InChI=1S/C17H19N3O.C2H6/c1-3-4-11(2)15-7-13-10-19-16(8-14(13)9-18-15)20-17(21)12-5-6-12;1-2/h4,7-10,12H,3,5-6H2,1-2H3,(H,19,20,21);1-2H3/b11-4+;. The first-order valence-corrected chi connectivity index (χ1v) is 8.41. The number of nitrogens with one attached hydrogen (secondary N) is 1. The Morgan fingerprint density at radius 2 is 1.87 bits per heavy atom. The number of allylic oxidation sites excluding steroid dienone is 2. The maximum absolute atomic E-state index is 11.8. The molecule has 2 aromatic rings. The highest BCUT2D eigenvalue weighted by Gasteiger charge is 2.29. The molecule has 0 radical (unpaired) electrons. The molecular weight excluding hydrogens is 286 g/mol. The average molecular weight is 311 g/mol. The number of pyridine rings is 2. The molecule has 0 aromatic carbocycles. The Hall–Kier alpha value is -2.23. The molecule has 1 fully saturated rings. The second-order valence-electron chi connectivity index (χ2n) is 5.55. The van der Waals surface area contributed by atoms with Gasteiger partial charge in [-0.3, -0.25) is 9.78 Å². The summed E-state index contributed by atoms with van der Waals surface area (Å²) in [4.78, 5) is 20.6. The van der Waals surface area contributed by atoms with E-state index in [1.54, 1.807) is 6.20 Å². The van der Waals surface area contributed by atoms with Crippen molar-refractivity contribution in [2.24, 2.45) is 5.92 Å². The van der Waals surface area contributed by atoms with Gasteiger partial charge in [0.25, 0.3) is 0 Å². The predicted molar refractivity (Wildman–Crippen MR) is 96.2 cm³/mol. The summed E-state index contributed by atoms with van der Waals surface area (Å²) in [5.74, 6) is 0.868. The molecule has 0 atom stereocenters. The lowest BCUT2D eigenvalue weighted by molar-refractivity contribution is -0.117. The molecule has 4 nitrogen and oxygen atoms in total. The number of rotatable bonds is 4. The van der Waals surface area contributed by atoms with Crippen molar-refractivity contribution >= 4 is 28.1 Å². The zero-order valence-electron chi connectivity index (χ0n) is 14.4. The quantitative estimate of drug-likeness (QED) is 0.881. The van der Waals surface area contributed by atoms with Crippen molar-refractivity contribution in [3.63, 3.8) is 0 Å². The fraction of sp³-hybridized carbons (Fsp3) is 0.421. The monoisotopic (exact) mass is 311 g/mol. The van der Waals surface area contributed by atoms with E-state index in [1.165, 1.54) is 5.57 Å². The van der Waals surface area contributed by atoms with E-state index in [2.05, 4.69) is 35.2 Å². The molecule has 1 aliphatic rings. The highest BCUT2D eigenvalue weighted by atomic mass is 16.2. The molecule has 1 saturated carbocycles. The maximum Gasteiger partial charge on any atom is 0.228 e. The summed E-state index contributed by atoms with van der Waals surface area (Å²) in [5.41, 5.74) is 2.14. The zero-order chi connectivity index (χ0) is 16.8. The fourth-order valence-corrected chi connectivity index (χ4v) is 2.31. The number of fused-ring (bicyclic) bond motifs is 1. The van der Waals surface area contributed by atoms with Gasteiger partial charge in [0.15, 0.2) is 0 Å². The van der Waals surface area contributed by atoms with Gasteiger partial charge in [-0.2, -0.15) is 0 Å². The maximum atomic E-state index is 11.8. The fourth-order valence-electron chi connectivity index (χ4n) is 2.31. The van der Waals surface area contributed by atoms with E-state index in [-0.39, 0.29) is 11.8 Å². The first-order chi connectivity index (χ1) is 11.2. The minimum absolute atomic E-state index is 0.0770. The SMILES string of the molecule is CC.CC/C=C(\C)c1cc2cnc(NC(=O)C3CC3)cc2cn1. The van der Waals surface area contributed by atoms with Crippen molar-refractivity contribution in [3.8, 4) is 0 Å². The number of anilines is 1. The Morgan fingerprint density at radius 3 is 2.52 bits per heavy atom. The predicted octanol–water partition coefficient (Wildman–Crippen LogP) is 4.82. The van der Waals surface area contributed by atoms with E-state index in [0.717, 1.165) is 35.7 Å². The van der Waals surface area contributed by atoms with Crippen LogP contribution in [0, 0.1) is 5.92 Å². The molecule has 0 spiro atoms. The number of amides is 1.